The van der Waals surface area contributed by atoms with Crippen molar-refractivity contribution in [3.8, 4) is 0 Å². The molecule has 1 aromatic rings. The summed E-state index contributed by atoms with van der Waals surface area (Å²) in [5.74, 6) is 0. The maximum atomic E-state index is 5.67. The van der Waals surface area contributed by atoms with Crippen LogP contribution in [-0.4, -0.2) is 19.2 Å². The number of nitrogens with one attached hydrogen (secondary N) is 1. The molecule has 0 bridgehead atoms. The Labute approximate surface area is 89.3 Å². The molecule has 1 fully saturated rings. The van der Waals surface area contributed by atoms with Gasteiger partial charge in [0, 0.05) is 10.9 Å². The van der Waals surface area contributed by atoms with E-state index in [9.17, 15) is 0 Å². The number of hydrogen-bond donors (Lipinski definition) is 1. The minimum Gasteiger partial charge on any atom is -0.374 e. The van der Waals surface area contributed by atoms with Gasteiger partial charge in [0.15, 0.2) is 0 Å². The Balaban J connectivity index is 1.62. The maximum Gasteiger partial charge on any atom is 0.0810 e. The van der Waals surface area contributed by atoms with Crippen LogP contribution in [-0.2, 0) is 11.3 Å². The third kappa shape index (κ3) is 3.08. The van der Waals surface area contributed by atoms with E-state index in [4.69, 9.17) is 4.74 Å². The van der Waals surface area contributed by atoms with Crippen molar-refractivity contribution in [1.29, 1.82) is 0 Å². The highest BCUT2D eigenvalue weighted by molar-refractivity contribution is 7.09. The molecule has 1 saturated heterocycles. The van der Waals surface area contributed by atoms with Crippen LogP contribution in [0, 0.1) is 0 Å². The van der Waals surface area contributed by atoms with E-state index in [1.54, 1.807) is 11.3 Å². The molecular formula is C11H17NOS. The summed E-state index contributed by atoms with van der Waals surface area (Å²) in [7, 11) is 0. The molecular weight excluding hydrogens is 194 g/mol. The highest BCUT2D eigenvalue weighted by Gasteiger charge is 2.11. The van der Waals surface area contributed by atoms with Crippen LogP contribution < -0.4 is 5.32 Å². The molecule has 1 atom stereocenters. The molecule has 0 amide bonds. The molecule has 1 N–H and O–H groups in total. The van der Waals surface area contributed by atoms with Crippen LogP contribution in [0.2, 0.25) is 0 Å². The molecule has 1 aromatic heterocycles. The van der Waals surface area contributed by atoms with Gasteiger partial charge in [-0.3, -0.25) is 0 Å². The van der Waals surface area contributed by atoms with Crippen molar-refractivity contribution < 1.29 is 4.74 Å². The van der Waals surface area contributed by atoms with Gasteiger partial charge in [-0.1, -0.05) is 12.5 Å². The fourth-order valence-electron chi connectivity index (χ4n) is 1.76. The fourth-order valence-corrected chi connectivity index (χ4v) is 2.40. The molecule has 0 aromatic carbocycles. The second-order valence-corrected chi connectivity index (χ2v) is 4.77. The zero-order valence-corrected chi connectivity index (χ0v) is 9.19. The standard InChI is InChI=1S/C11H17NOS/c1-2-6-12-10(4-1)8-13-9-11-5-3-7-14-11/h3,5,7,10,12H,1-2,4,6,8-9H2. The molecule has 14 heavy (non-hydrogen) atoms. The van der Waals surface area contributed by atoms with Crippen molar-refractivity contribution in [2.24, 2.45) is 0 Å². The summed E-state index contributed by atoms with van der Waals surface area (Å²) in [5.41, 5.74) is 0. The predicted octanol–water partition coefficient (Wildman–Crippen LogP) is 2.41. The Kier molecular flexibility index (Phi) is 3.98. The van der Waals surface area contributed by atoms with Crippen LogP contribution >= 0.6 is 11.3 Å². The molecule has 3 heteroatoms. The average molecular weight is 211 g/mol. The van der Waals surface area contributed by atoms with Crippen LogP contribution in [0.4, 0.5) is 0 Å². The summed E-state index contributed by atoms with van der Waals surface area (Å²) in [5, 5.41) is 5.57. The Morgan fingerprint density at radius 3 is 3.21 bits per heavy atom. The van der Waals surface area contributed by atoms with Crippen molar-refractivity contribution in [2.45, 2.75) is 31.9 Å². The summed E-state index contributed by atoms with van der Waals surface area (Å²) in [6, 6.07) is 4.78. The van der Waals surface area contributed by atoms with Crippen LogP contribution in [0.1, 0.15) is 24.1 Å². The summed E-state index contributed by atoms with van der Waals surface area (Å²) in [6.45, 7) is 2.79. The Bertz CT molecular complexity index is 242. The first-order chi connectivity index (χ1) is 6.95. The summed E-state index contributed by atoms with van der Waals surface area (Å²) < 4.78 is 5.67. The zero-order valence-electron chi connectivity index (χ0n) is 8.37. The smallest absolute Gasteiger partial charge is 0.0810 e. The van der Waals surface area contributed by atoms with Crippen LogP contribution in [0.25, 0.3) is 0 Å². The van der Waals surface area contributed by atoms with Gasteiger partial charge in [0.25, 0.3) is 0 Å². The first-order valence-corrected chi connectivity index (χ1v) is 6.16. The second-order valence-electron chi connectivity index (χ2n) is 3.74. The minimum atomic E-state index is 0.587. The average Bonchev–Trinajstić information content (AvgIpc) is 2.72. The molecule has 0 aliphatic carbocycles. The lowest BCUT2D eigenvalue weighted by Crippen LogP contribution is -2.37. The van der Waals surface area contributed by atoms with Crippen molar-refractivity contribution in [1.82, 2.24) is 5.32 Å². The highest BCUT2D eigenvalue weighted by atomic mass is 32.1. The first-order valence-electron chi connectivity index (χ1n) is 5.28. The molecule has 2 rings (SSSR count). The van der Waals surface area contributed by atoms with E-state index < -0.39 is 0 Å². The number of thiophene rings is 1. The third-order valence-electron chi connectivity index (χ3n) is 2.56. The van der Waals surface area contributed by atoms with Crippen LogP contribution in [0.15, 0.2) is 17.5 Å². The van der Waals surface area contributed by atoms with Gasteiger partial charge in [-0.15, -0.1) is 11.3 Å². The fraction of sp³-hybridized carbons (Fsp3) is 0.636. The first kappa shape index (κ1) is 10.1. The van der Waals surface area contributed by atoms with Crippen molar-refractivity contribution in [3.05, 3.63) is 22.4 Å². The summed E-state index contributed by atoms with van der Waals surface area (Å²) in [6.07, 6.45) is 3.94. The molecule has 1 aliphatic heterocycles. The molecule has 1 unspecified atom stereocenters. The van der Waals surface area contributed by atoms with Gasteiger partial charge in [-0.25, -0.2) is 0 Å². The monoisotopic (exact) mass is 211 g/mol. The van der Waals surface area contributed by atoms with Crippen molar-refractivity contribution in [2.75, 3.05) is 13.2 Å². The highest BCUT2D eigenvalue weighted by Crippen LogP contribution is 2.11. The van der Waals surface area contributed by atoms with Gasteiger partial charge in [-0.05, 0) is 30.8 Å². The van der Waals surface area contributed by atoms with Crippen LogP contribution in [0.5, 0.6) is 0 Å². The van der Waals surface area contributed by atoms with Crippen LogP contribution in [0.3, 0.4) is 0 Å². The van der Waals surface area contributed by atoms with Crippen molar-refractivity contribution >= 4 is 11.3 Å². The van der Waals surface area contributed by atoms with Gasteiger partial charge in [0.05, 0.1) is 13.2 Å². The second kappa shape index (κ2) is 5.49. The molecule has 2 nitrogen and oxygen atoms in total. The third-order valence-corrected chi connectivity index (χ3v) is 3.41. The largest absolute Gasteiger partial charge is 0.374 e. The number of hydrogen-bond acceptors (Lipinski definition) is 3. The lowest BCUT2D eigenvalue weighted by molar-refractivity contribution is 0.0928. The normalized spacial score (nSPS) is 22.4. The minimum absolute atomic E-state index is 0.587. The lowest BCUT2D eigenvalue weighted by Gasteiger charge is -2.22. The number of rotatable bonds is 4. The summed E-state index contributed by atoms with van der Waals surface area (Å²) >= 11 is 1.76. The van der Waals surface area contributed by atoms with Gasteiger partial charge < -0.3 is 10.1 Å². The van der Waals surface area contributed by atoms with Gasteiger partial charge >= 0.3 is 0 Å². The van der Waals surface area contributed by atoms with Crippen molar-refractivity contribution in [3.63, 3.8) is 0 Å². The van der Waals surface area contributed by atoms with E-state index in [2.05, 4.69) is 22.8 Å². The Morgan fingerprint density at radius 1 is 1.50 bits per heavy atom. The number of piperidine rings is 1. The van der Waals surface area contributed by atoms with E-state index in [0.717, 1.165) is 19.8 Å². The molecule has 78 valence electrons. The Hall–Kier alpha value is -0.380. The van der Waals surface area contributed by atoms with Gasteiger partial charge in [0.2, 0.25) is 0 Å². The topological polar surface area (TPSA) is 21.3 Å². The Morgan fingerprint density at radius 2 is 2.50 bits per heavy atom. The molecule has 2 heterocycles. The van der Waals surface area contributed by atoms with E-state index >= 15 is 0 Å². The lowest BCUT2D eigenvalue weighted by atomic mass is 10.1. The molecule has 0 saturated carbocycles. The zero-order chi connectivity index (χ0) is 9.64. The molecule has 1 aliphatic rings. The maximum absolute atomic E-state index is 5.67. The van der Waals surface area contributed by atoms with E-state index in [1.807, 2.05) is 0 Å². The SMILES string of the molecule is c1csc(COCC2CCCCN2)c1. The van der Waals surface area contributed by atoms with E-state index in [0.29, 0.717) is 6.04 Å². The van der Waals surface area contributed by atoms with Gasteiger partial charge in [-0.2, -0.15) is 0 Å². The molecule has 0 radical (unpaired) electrons. The molecule has 0 spiro atoms. The van der Waals surface area contributed by atoms with E-state index in [1.165, 1.54) is 24.1 Å². The predicted molar refractivity (Wildman–Crippen MR) is 59.6 cm³/mol. The summed E-state index contributed by atoms with van der Waals surface area (Å²) in [4.78, 5) is 1.32. The van der Waals surface area contributed by atoms with E-state index in [-0.39, 0.29) is 0 Å². The van der Waals surface area contributed by atoms with Gasteiger partial charge in [0.1, 0.15) is 0 Å². The quantitative estimate of drug-likeness (QED) is 0.825. The number of ether oxygens (including phenoxy) is 1.